The van der Waals surface area contributed by atoms with Crippen LogP contribution in [0.4, 0.5) is 4.79 Å². The number of hydrogen-bond donors (Lipinski definition) is 3. The van der Waals surface area contributed by atoms with Crippen LogP contribution in [-0.4, -0.2) is 29.6 Å². The second kappa shape index (κ2) is 6.03. The summed E-state index contributed by atoms with van der Waals surface area (Å²) in [6.07, 6.45) is -0.0559. The molecule has 0 aromatic carbocycles. The number of urea groups is 1. The van der Waals surface area contributed by atoms with Crippen LogP contribution in [-0.2, 0) is 9.59 Å². The number of carbonyl (C=O) groups excluding carboxylic acids is 2. The number of carboxylic acids is 1. The van der Waals surface area contributed by atoms with Crippen LogP contribution < -0.4 is 10.6 Å². The van der Waals surface area contributed by atoms with Gasteiger partial charge in [-0.05, 0) is 22.7 Å². The summed E-state index contributed by atoms with van der Waals surface area (Å²) in [7, 11) is 0. The van der Waals surface area contributed by atoms with E-state index < -0.39 is 17.9 Å². The molecule has 3 N–H and O–H groups in total. The van der Waals surface area contributed by atoms with Gasteiger partial charge in [0.2, 0.25) is 5.91 Å². The number of carbonyl (C=O) groups is 3. The summed E-state index contributed by atoms with van der Waals surface area (Å²) >= 11 is 0. The zero-order valence-corrected chi connectivity index (χ0v) is 13.4. The van der Waals surface area contributed by atoms with Crippen molar-refractivity contribution in [1.82, 2.24) is 10.6 Å². The largest absolute Gasteiger partial charge is 0.481 e. The second-order valence-corrected chi connectivity index (χ2v) is 7.16. The second-order valence-electron chi connectivity index (χ2n) is 7.16. The Labute approximate surface area is 125 Å². The van der Waals surface area contributed by atoms with Gasteiger partial charge in [0, 0.05) is 19.4 Å². The smallest absolute Gasteiger partial charge is 0.321 e. The Morgan fingerprint density at radius 3 is 2.05 bits per heavy atom. The SMILES string of the molecule is CC(CC(=O)O)CC(=O)NC(=O)NCC1C(C)(C)C1(C)C. The number of carboxylic acid groups (broad SMARTS) is 1. The van der Waals surface area contributed by atoms with Crippen LogP contribution in [0.1, 0.15) is 47.5 Å². The molecule has 3 amide bonds. The van der Waals surface area contributed by atoms with Crippen LogP contribution in [0.5, 0.6) is 0 Å². The average Bonchev–Trinajstić information content (AvgIpc) is 2.64. The molecule has 0 spiro atoms. The zero-order chi connectivity index (χ0) is 16.4. The molecule has 6 heteroatoms. The normalized spacial score (nSPS) is 20.4. The monoisotopic (exact) mass is 298 g/mol. The number of imide groups is 1. The van der Waals surface area contributed by atoms with Crippen molar-refractivity contribution >= 4 is 17.9 Å². The Balaban J connectivity index is 2.29. The summed E-state index contributed by atoms with van der Waals surface area (Å²) in [5.74, 6) is -1.30. The summed E-state index contributed by atoms with van der Waals surface area (Å²) in [4.78, 5) is 33.8. The molecular formula is C15H26N2O4. The molecule has 1 fully saturated rings. The van der Waals surface area contributed by atoms with Gasteiger partial charge in [-0.15, -0.1) is 0 Å². The Bertz CT molecular complexity index is 429. The van der Waals surface area contributed by atoms with E-state index in [4.69, 9.17) is 5.11 Å². The highest BCUT2D eigenvalue weighted by Crippen LogP contribution is 2.67. The van der Waals surface area contributed by atoms with Crippen LogP contribution in [0.15, 0.2) is 0 Å². The van der Waals surface area contributed by atoms with Crippen LogP contribution in [0.3, 0.4) is 0 Å². The molecule has 1 rings (SSSR count). The molecule has 1 atom stereocenters. The third kappa shape index (κ3) is 4.19. The van der Waals surface area contributed by atoms with Crippen LogP contribution in [0.2, 0.25) is 0 Å². The van der Waals surface area contributed by atoms with E-state index in [-0.39, 0.29) is 29.6 Å². The number of rotatable bonds is 6. The third-order valence-corrected chi connectivity index (χ3v) is 5.10. The Hall–Kier alpha value is -1.59. The minimum Gasteiger partial charge on any atom is -0.481 e. The van der Waals surface area contributed by atoms with Gasteiger partial charge in [-0.2, -0.15) is 0 Å². The molecule has 21 heavy (non-hydrogen) atoms. The van der Waals surface area contributed by atoms with Crippen LogP contribution in [0.25, 0.3) is 0 Å². The van der Waals surface area contributed by atoms with E-state index in [9.17, 15) is 14.4 Å². The Kier molecular flexibility index (Phi) is 5.02. The first-order valence-corrected chi connectivity index (χ1v) is 7.28. The molecule has 6 nitrogen and oxygen atoms in total. The minimum absolute atomic E-state index is 0.0279. The maximum Gasteiger partial charge on any atom is 0.321 e. The summed E-state index contributed by atoms with van der Waals surface area (Å²) in [5.41, 5.74) is 0.362. The minimum atomic E-state index is -0.946. The molecule has 0 aromatic heterocycles. The summed E-state index contributed by atoms with van der Waals surface area (Å²) < 4.78 is 0. The molecule has 0 aromatic rings. The van der Waals surface area contributed by atoms with Gasteiger partial charge in [0.15, 0.2) is 0 Å². The fraction of sp³-hybridized carbons (Fsp3) is 0.800. The first kappa shape index (κ1) is 17.5. The van der Waals surface area contributed by atoms with Gasteiger partial charge in [0.25, 0.3) is 0 Å². The van der Waals surface area contributed by atoms with Gasteiger partial charge in [0.1, 0.15) is 0 Å². The molecule has 1 unspecified atom stereocenters. The van der Waals surface area contributed by atoms with E-state index in [1.165, 1.54) is 0 Å². The van der Waals surface area contributed by atoms with E-state index in [2.05, 4.69) is 38.3 Å². The topological polar surface area (TPSA) is 95.5 Å². The van der Waals surface area contributed by atoms with Crippen molar-refractivity contribution < 1.29 is 19.5 Å². The van der Waals surface area contributed by atoms with E-state index in [1.54, 1.807) is 6.92 Å². The summed E-state index contributed by atoms with van der Waals surface area (Å²) in [5, 5.41) is 13.6. The Morgan fingerprint density at radius 2 is 1.62 bits per heavy atom. The van der Waals surface area contributed by atoms with Crippen molar-refractivity contribution in [3.05, 3.63) is 0 Å². The highest BCUT2D eigenvalue weighted by Gasteiger charge is 2.64. The van der Waals surface area contributed by atoms with Crippen LogP contribution >= 0.6 is 0 Å². The lowest BCUT2D eigenvalue weighted by molar-refractivity contribution is -0.138. The summed E-state index contributed by atoms with van der Waals surface area (Å²) in [6, 6.07) is -0.513. The number of aliphatic carboxylic acids is 1. The fourth-order valence-electron chi connectivity index (χ4n) is 2.95. The lowest BCUT2D eigenvalue weighted by atomic mass is 10.0. The van der Waals surface area contributed by atoms with Crippen molar-refractivity contribution in [2.75, 3.05) is 6.54 Å². The average molecular weight is 298 g/mol. The number of amides is 3. The van der Waals surface area contributed by atoms with Gasteiger partial charge in [-0.1, -0.05) is 34.6 Å². The van der Waals surface area contributed by atoms with Crippen molar-refractivity contribution in [3.63, 3.8) is 0 Å². The quantitative estimate of drug-likeness (QED) is 0.699. The van der Waals surface area contributed by atoms with E-state index >= 15 is 0 Å². The maximum absolute atomic E-state index is 11.7. The molecule has 120 valence electrons. The molecule has 1 aliphatic rings. The molecule has 0 heterocycles. The van der Waals surface area contributed by atoms with Crippen molar-refractivity contribution in [3.8, 4) is 0 Å². The first-order chi connectivity index (χ1) is 9.48. The highest BCUT2D eigenvalue weighted by molar-refractivity contribution is 5.94. The van der Waals surface area contributed by atoms with Crippen molar-refractivity contribution in [2.45, 2.75) is 47.5 Å². The lowest BCUT2D eigenvalue weighted by Gasteiger charge is -2.10. The predicted molar refractivity (Wildman–Crippen MR) is 78.6 cm³/mol. The van der Waals surface area contributed by atoms with Crippen molar-refractivity contribution in [1.29, 1.82) is 0 Å². The molecular weight excluding hydrogens is 272 g/mol. The third-order valence-electron chi connectivity index (χ3n) is 5.10. The molecule has 0 bridgehead atoms. The van der Waals surface area contributed by atoms with Gasteiger partial charge in [0.05, 0.1) is 0 Å². The van der Waals surface area contributed by atoms with E-state index in [0.717, 1.165) is 0 Å². The number of nitrogens with one attached hydrogen (secondary N) is 2. The van der Waals surface area contributed by atoms with E-state index in [1.807, 2.05) is 0 Å². The van der Waals surface area contributed by atoms with Gasteiger partial charge < -0.3 is 10.4 Å². The van der Waals surface area contributed by atoms with Gasteiger partial charge >= 0.3 is 12.0 Å². The first-order valence-electron chi connectivity index (χ1n) is 7.28. The fourth-order valence-corrected chi connectivity index (χ4v) is 2.95. The van der Waals surface area contributed by atoms with Gasteiger partial charge in [-0.3, -0.25) is 14.9 Å². The maximum atomic E-state index is 11.7. The molecule has 1 aliphatic carbocycles. The van der Waals surface area contributed by atoms with Crippen LogP contribution in [0, 0.1) is 22.7 Å². The lowest BCUT2D eigenvalue weighted by Crippen LogP contribution is -2.41. The Morgan fingerprint density at radius 1 is 1.10 bits per heavy atom. The number of hydrogen-bond acceptors (Lipinski definition) is 3. The predicted octanol–water partition coefficient (Wildman–Crippen LogP) is 2.00. The molecule has 0 aliphatic heterocycles. The zero-order valence-electron chi connectivity index (χ0n) is 13.4. The highest BCUT2D eigenvalue weighted by atomic mass is 16.4. The van der Waals surface area contributed by atoms with E-state index in [0.29, 0.717) is 12.5 Å². The summed E-state index contributed by atoms with van der Waals surface area (Å²) in [6.45, 7) is 10.8. The molecule has 1 saturated carbocycles. The molecule has 0 radical (unpaired) electrons. The van der Waals surface area contributed by atoms with Gasteiger partial charge in [-0.25, -0.2) is 4.79 Å². The van der Waals surface area contributed by atoms with Crippen molar-refractivity contribution in [2.24, 2.45) is 22.7 Å². The molecule has 0 saturated heterocycles. The standard InChI is InChI=1S/C15H26N2O4/c1-9(7-12(19)20)6-11(18)17-13(21)16-8-10-14(2,3)15(10,4)5/h9-10H,6-8H2,1-5H3,(H,19,20)(H2,16,17,18,21).